The number of aryl methyl sites for hydroxylation is 1. The maximum Gasteiger partial charge on any atom is 0.132 e. The Kier molecular flexibility index (Phi) is 6.37. The summed E-state index contributed by atoms with van der Waals surface area (Å²) in [5.74, 6) is 0.745. The third kappa shape index (κ3) is 4.86. The quantitative estimate of drug-likeness (QED) is 0.436. The minimum atomic E-state index is -0.0719. The lowest BCUT2D eigenvalue weighted by Crippen LogP contribution is -2.16. The predicted octanol–water partition coefficient (Wildman–Crippen LogP) is 2.07. The second-order valence-corrected chi connectivity index (χ2v) is 5.25. The molecule has 0 radical (unpaired) electrons. The molecular formula is C16H24N2O3. The molecule has 0 saturated heterocycles. The van der Waals surface area contributed by atoms with Crippen molar-refractivity contribution in [2.75, 3.05) is 20.3 Å². The van der Waals surface area contributed by atoms with E-state index in [2.05, 4.69) is 0 Å². The van der Waals surface area contributed by atoms with Gasteiger partial charge in [-0.25, -0.2) is 0 Å². The fourth-order valence-corrected chi connectivity index (χ4v) is 2.04. The summed E-state index contributed by atoms with van der Waals surface area (Å²) in [5, 5.41) is 7.61. The van der Waals surface area contributed by atoms with Crippen molar-refractivity contribution in [3.05, 3.63) is 28.8 Å². The van der Waals surface area contributed by atoms with Gasteiger partial charge >= 0.3 is 0 Å². The number of carbonyl (C=O) groups is 1. The molecule has 0 aliphatic heterocycles. The van der Waals surface area contributed by atoms with Gasteiger partial charge in [-0.1, -0.05) is 13.0 Å². The van der Waals surface area contributed by atoms with E-state index in [9.17, 15) is 4.79 Å². The van der Waals surface area contributed by atoms with E-state index >= 15 is 0 Å². The summed E-state index contributed by atoms with van der Waals surface area (Å²) in [5.41, 5.74) is 8.11. The largest absolute Gasteiger partial charge is 0.491 e. The summed E-state index contributed by atoms with van der Waals surface area (Å²) in [4.78, 5) is 11.5. The van der Waals surface area contributed by atoms with Crippen LogP contribution in [0.5, 0.6) is 5.75 Å². The van der Waals surface area contributed by atoms with Crippen molar-refractivity contribution < 1.29 is 14.3 Å². The average Bonchev–Trinajstić information content (AvgIpc) is 2.40. The first-order chi connectivity index (χ1) is 9.86. The Hall–Kier alpha value is -1.88. The first kappa shape index (κ1) is 17.2. The zero-order valence-corrected chi connectivity index (χ0v) is 13.2. The summed E-state index contributed by atoms with van der Waals surface area (Å²) in [6.45, 7) is 6.28. The number of methoxy groups -OCH3 is 1. The van der Waals surface area contributed by atoms with Gasteiger partial charge in [0, 0.05) is 18.6 Å². The molecule has 1 unspecified atom stereocenters. The predicted molar refractivity (Wildman–Crippen MR) is 83.1 cm³/mol. The Bertz CT molecular complexity index is 526. The zero-order valence-electron chi connectivity index (χ0n) is 13.2. The molecule has 0 aliphatic carbocycles. The lowest BCUT2D eigenvalue weighted by atomic mass is 9.94. The van der Waals surface area contributed by atoms with Crippen LogP contribution < -0.4 is 10.5 Å². The second-order valence-electron chi connectivity index (χ2n) is 5.25. The highest BCUT2D eigenvalue weighted by Gasteiger charge is 2.15. The topological polar surface area (TPSA) is 85.4 Å². The number of rotatable bonds is 8. The van der Waals surface area contributed by atoms with E-state index in [1.165, 1.54) is 0 Å². The van der Waals surface area contributed by atoms with E-state index in [1.54, 1.807) is 20.1 Å². The smallest absolute Gasteiger partial charge is 0.132 e. The van der Waals surface area contributed by atoms with Crippen molar-refractivity contribution in [2.24, 2.45) is 11.7 Å². The van der Waals surface area contributed by atoms with E-state index < -0.39 is 0 Å². The van der Waals surface area contributed by atoms with Crippen LogP contribution in [0.25, 0.3) is 0 Å². The van der Waals surface area contributed by atoms with Gasteiger partial charge in [0.2, 0.25) is 0 Å². The van der Waals surface area contributed by atoms with Crippen molar-refractivity contribution >= 4 is 11.6 Å². The number of carbonyl (C=O) groups excluding carboxylic acids is 1. The first-order valence-electron chi connectivity index (χ1n) is 6.97. The fraction of sp³-hybridized carbons (Fsp3) is 0.500. The van der Waals surface area contributed by atoms with E-state index in [0.717, 1.165) is 11.1 Å². The molecule has 0 aromatic heterocycles. The minimum Gasteiger partial charge on any atom is -0.491 e. The highest BCUT2D eigenvalue weighted by Crippen LogP contribution is 2.26. The Morgan fingerprint density at radius 2 is 2.05 bits per heavy atom. The molecule has 1 rings (SSSR count). The van der Waals surface area contributed by atoms with Crippen molar-refractivity contribution in [3.8, 4) is 5.75 Å². The molecule has 0 fully saturated rings. The number of nitrogens with two attached hydrogens (primary N) is 1. The molecule has 0 amide bonds. The van der Waals surface area contributed by atoms with Crippen LogP contribution >= 0.6 is 0 Å². The number of amidine groups is 1. The molecule has 1 aromatic carbocycles. The highest BCUT2D eigenvalue weighted by atomic mass is 16.5. The number of hydrogen-bond acceptors (Lipinski definition) is 4. The normalized spacial score (nSPS) is 12.0. The van der Waals surface area contributed by atoms with Gasteiger partial charge in [-0.2, -0.15) is 0 Å². The third-order valence-corrected chi connectivity index (χ3v) is 3.46. The van der Waals surface area contributed by atoms with Crippen LogP contribution in [0.3, 0.4) is 0 Å². The van der Waals surface area contributed by atoms with Crippen LogP contribution in [0, 0.1) is 18.3 Å². The Morgan fingerprint density at radius 1 is 1.38 bits per heavy atom. The number of ketones is 1. The fourth-order valence-electron chi connectivity index (χ4n) is 2.04. The van der Waals surface area contributed by atoms with Crippen molar-refractivity contribution in [1.29, 1.82) is 5.41 Å². The van der Waals surface area contributed by atoms with Gasteiger partial charge in [-0.3, -0.25) is 10.2 Å². The molecule has 116 valence electrons. The van der Waals surface area contributed by atoms with Gasteiger partial charge in [-0.15, -0.1) is 0 Å². The zero-order chi connectivity index (χ0) is 16.0. The third-order valence-electron chi connectivity index (χ3n) is 3.46. The number of benzene rings is 1. The number of nitrogen functional groups attached to an aromatic ring is 1. The van der Waals surface area contributed by atoms with E-state index in [-0.39, 0.29) is 17.5 Å². The highest BCUT2D eigenvalue weighted by molar-refractivity contribution is 5.96. The van der Waals surface area contributed by atoms with Crippen LogP contribution in [0.2, 0.25) is 0 Å². The number of nitrogens with one attached hydrogen (secondary N) is 1. The first-order valence-corrected chi connectivity index (χ1v) is 6.97. The molecule has 0 aliphatic rings. The lowest BCUT2D eigenvalue weighted by molar-refractivity contribution is -0.120. The van der Waals surface area contributed by atoms with Gasteiger partial charge in [0.15, 0.2) is 0 Å². The van der Waals surface area contributed by atoms with Crippen molar-refractivity contribution in [1.82, 2.24) is 0 Å². The summed E-state index contributed by atoms with van der Waals surface area (Å²) in [6.07, 6.45) is 0.608. The molecule has 5 heteroatoms. The van der Waals surface area contributed by atoms with Crippen molar-refractivity contribution in [2.45, 2.75) is 27.2 Å². The number of hydrogen-bond donors (Lipinski definition) is 2. The van der Waals surface area contributed by atoms with Crippen LogP contribution in [-0.2, 0) is 16.0 Å². The molecular weight excluding hydrogens is 268 g/mol. The average molecular weight is 292 g/mol. The molecule has 1 atom stereocenters. The molecule has 0 heterocycles. The Morgan fingerprint density at radius 3 is 2.57 bits per heavy atom. The van der Waals surface area contributed by atoms with Gasteiger partial charge in [0.1, 0.15) is 24.0 Å². The molecule has 0 saturated carbocycles. The van der Waals surface area contributed by atoms with Gasteiger partial charge < -0.3 is 15.2 Å². The van der Waals surface area contributed by atoms with Crippen LogP contribution in [0.4, 0.5) is 0 Å². The van der Waals surface area contributed by atoms with Gasteiger partial charge in [-0.05, 0) is 37.5 Å². The molecule has 5 nitrogen and oxygen atoms in total. The standard InChI is InChI=1S/C16H24N2O3/c1-10(12(3)19)7-13-8-11(2)14(16(17)18)9-15(13)21-6-5-20-4/h8-10H,5-7H2,1-4H3,(H3,17,18). The van der Waals surface area contributed by atoms with E-state index in [4.69, 9.17) is 20.6 Å². The lowest BCUT2D eigenvalue weighted by Gasteiger charge is -2.17. The van der Waals surface area contributed by atoms with Crippen LogP contribution in [0.1, 0.15) is 30.5 Å². The van der Waals surface area contributed by atoms with Gasteiger partial charge in [0.25, 0.3) is 0 Å². The van der Waals surface area contributed by atoms with Crippen LogP contribution in [-0.4, -0.2) is 31.9 Å². The molecule has 3 N–H and O–H groups in total. The number of ether oxygens (including phenoxy) is 2. The van der Waals surface area contributed by atoms with Gasteiger partial charge in [0.05, 0.1) is 6.61 Å². The maximum absolute atomic E-state index is 11.5. The summed E-state index contributed by atoms with van der Waals surface area (Å²) >= 11 is 0. The molecule has 21 heavy (non-hydrogen) atoms. The Labute approximate surface area is 125 Å². The van der Waals surface area contributed by atoms with E-state index in [1.807, 2.05) is 19.9 Å². The number of Topliss-reactive ketones (excluding diaryl/α,β-unsaturated/α-hetero) is 1. The second kappa shape index (κ2) is 7.78. The molecule has 0 bridgehead atoms. The summed E-state index contributed by atoms with van der Waals surface area (Å²) < 4.78 is 10.7. The summed E-state index contributed by atoms with van der Waals surface area (Å²) in [6, 6.07) is 3.72. The summed E-state index contributed by atoms with van der Waals surface area (Å²) in [7, 11) is 1.61. The minimum absolute atomic E-state index is 0.00950. The van der Waals surface area contributed by atoms with E-state index in [0.29, 0.717) is 30.9 Å². The van der Waals surface area contributed by atoms with Crippen molar-refractivity contribution in [3.63, 3.8) is 0 Å². The molecule has 1 aromatic rings. The van der Waals surface area contributed by atoms with Crippen LogP contribution in [0.15, 0.2) is 12.1 Å². The SMILES string of the molecule is COCCOc1cc(C(=N)N)c(C)cc1CC(C)C(C)=O. The molecule has 0 spiro atoms. The monoisotopic (exact) mass is 292 g/mol. The Balaban J connectivity index is 3.10. The maximum atomic E-state index is 11.5.